The summed E-state index contributed by atoms with van der Waals surface area (Å²) in [5.41, 5.74) is 5.78. The molecule has 2 heteroatoms. The summed E-state index contributed by atoms with van der Waals surface area (Å²) in [5, 5.41) is 0. The number of hydrogen-bond acceptors (Lipinski definition) is 2. The van der Waals surface area contributed by atoms with Gasteiger partial charge in [0, 0.05) is 12.6 Å². The lowest BCUT2D eigenvalue weighted by Gasteiger charge is -2.11. The SMILES string of the molecule is CCCC(N)COCCC(C)C. The van der Waals surface area contributed by atoms with E-state index in [0.29, 0.717) is 0 Å². The van der Waals surface area contributed by atoms with Crippen LogP contribution in [0.15, 0.2) is 0 Å². The molecule has 0 fully saturated rings. The van der Waals surface area contributed by atoms with Crippen LogP contribution < -0.4 is 5.73 Å². The van der Waals surface area contributed by atoms with Crippen LogP contribution in [0.3, 0.4) is 0 Å². The summed E-state index contributed by atoms with van der Waals surface area (Å²) in [6, 6.07) is 0.238. The maximum Gasteiger partial charge on any atom is 0.0617 e. The number of rotatable bonds is 7. The highest BCUT2D eigenvalue weighted by Crippen LogP contribution is 2.00. The molecule has 0 aromatic rings. The molecule has 1 unspecified atom stereocenters. The molecular weight excluding hydrogens is 150 g/mol. The van der Waals surface area contributed by atoms with E-state index in [1.807, 2.05) is 0 Å². The first kappa shape index (κ1) is 11.9. The van der Waals surface area contributed by atoms with E-state index in [2.05, 4.69) is 20.8 Å². The van der Waals surface area contributed by atoms with Gasteiger partial charge in [-0.3, -0.25) is 0 Å². The zero-order valence-electron chi connectivity index (χ0n) is 8.68. The van der Waals surface area contributed by atoms with E-state index in [4.69, 9.17) is 10.5 Å². The fourth-order valence-corrected chi connectivity index (χ4v) is 1.01. The van der Waals surface area contributed by atoms with Crippen molar-refractivity contribution in [2.75, 3.05) is 13.2 Å². The zero-order chi connectivity index (χ0) is 9.40. The van der Waals surface area contributed by atoms with E-state index < -0.39 is 0 Å². The Kier molecular flexibility index (Phi) is 7.51. The third kappa shape index (κ3) is 8.02. The Morgan fingerprint density at radius 2 is 1.92 bits per heavy atom. The highest BCUT2D eigenvalue weighted by Gasteiger charge is 2.00. The van der Waals surface area contributed by atoms with Crippen molar-refractivity contribution in [1.82, 2.24) is 0 Å². The Bertz CT molecular complexity index is 93.8. The van der Waals surface area contributed by atoms with Gasteiger partial charge < -0.3 is 10.5 Å². The largest absolute Gasteiger partial charge is 0.380 e. The first-order chi connectivity index (χ1) is 5.66. The van der Waals surface area contributed by atoms with E-state index >= 15 is 0 Å². The van der Waals surface area contributed by atoms with Crippen LogP contribution in [0.5, 0.6) is 0 Å². The molecule has 2 N–H and O–H groups in total. The van der Waals surface area contributed by atoms with E-state index in [1.165, 1.54) is 0 Å². The minimum atomic E-state index is 0.238. The summed E-state index contributed by atoms with van der Waals surface area (Å²) >= 11 is 0. The van der Waals surface area contributed by atoms with Crippen molar-refractivity contribution in [1.29, 1.82) is 0 Å². The highest BCUT2D eigenvalue weighted by atomic mass is 16.5. The monoisotopic (exact) mass is 173 g/mol. The summed E-state index contributed by atoms with van der Waals surface area (Å²) in [4.78, 5) is 0. The number of nitrogens with two attached hydrogens (primary N) is 1. The van der Waals surface area contributed by atoms with Crippen LogP contribution in [0.1, 0.15) is 40.0 Å². The van der Waals surface area contributed by atoms with Gasteiger partial charge in [-0.25, -0.2) is 0 Å². The van der Waals surface area contributed by atoms with E-state index in [9.17, 15) is 0 Å². The Hall–Kier alpha value is -0.0800. The van der Waals surface area contributed by atoms with Crippen LogP contribution in [0.4, 0.5) is 0 Å². The molecule has 0 aliphatic carbocycles. The molecule has 1 atom stereocenters. The van der Waals surface area contributed by atoms with Crippen LogP contribution in [-0.4, -0.2) is 19.3 Å². The van der Waals surface area contributed by atoms with E-state index in [1.54, 1.807) is 0 Å². The maximum atomic E-state index is 5.78. The normalized spacial score (nSPS) is 13.8. The summed E-state index contributed by atoms with van der Waals surface area (Å²) < 4.78 is 5.43. The predicted molar refractivity (Wildman–Crippen MR) is 53.2 cm³/mol. The van der Waals surface area contributed by atoms with Crippen molar-refractivity contribution < 1.29 is 4.74 Å². The minimum Gasteiger partial charge on any atom is -0.380 e. The van der Waals surface area contributed by atoms with Gasteiger partial charge in [0.05, 0.1) is 6.61 Å². The van der Waals surface area contributed by atoms with Crippen molar-refractivity contribution >= 4 is 0 Å². The molecular formula is C10H23NO. The van der Waals surface area contributed by atoms with E-state index in [0.717, 1.165) is 38.4 Å². The molecule has 0 saturated heterocycles. The van der Waals surface area contributed by atoms with Gasteiger partial charge in [0.1, 0.15) is 0 Å². The molecule has 2 nitrogen and oxygen atoms in total. The third-order valence-corrected chi connectivity index (χ3v) is 1.83. The van der Waals surface area contributed by atoms with Crippen molar-refractivity contribution in [3.05, 3.63) is 0 Å². The lowest BCUT2D eigenvalue weighted by atomic mass is 10.1. The van der Waals surface area contributed by atoms with Crippen molar-refractivity contribution in [3.63, 3.8) is 0 Å². The Labute approximate surface area is 76.5 Å². The zero-order valence-corrected chi connectivity index (χ0v) is 8.68. The van der Waals surface area contributed by atoms with Gasteiger partial charge in [-0.15, -0.1) is 0 Å². The van der Waals surface area contributed by atoms with Gasteiger partial charge in [0.15, 0.2) is 0 Å². The molecule has 0 radical (unpaired) electrons. The quantitative estimate of drug-likeness (QED) is 0.599. The standard InChI is InChI=1S/C10H23NO/c1-4-5-10(11)8-12-7-6-9(2)3/h9-10H,4-8,11H2,1-3H3. The molecule has 0 aliphatic heterocycles. The lowest BCUT2D eigenvalue weighted by Crippen LogP contribution is -2.26. The van der Waals surface area contributed by atoms with Gasteiger partial charge in [-0.05, 0) is 18.8 Å². The summed E-state index contributed by atoms with van der Waals surface area (Å²) in [6.45, 7) is 8.13. The van der Waals surface area contributed by atoms with E-state index in [-0.39, 0.29) is 6.04 Å². The molecule has 0 aromatic carbocycles. The van der Waals surface area contributed by atoms with Gasteiger partial charge in [0.25, 0.3) is 0 Å². The van der Waals surface area contributed by atoms with Gasteiger partial charge in [-0.2, -0.15) is 0 Å². The minimum absolute atomic E-state index is 0.238. The first-order valence-corrected chi connectivity index (χ1v) is 5.00. The molecule has 12 heavy (non-hydrogen) atoms. The Balaban J connectivity index is 3.08. The lowest BCUT2D eigenvalue weighted by molar-refractivity contribution is 0.109. The summed E-state index contributed by atoms with van der Waals surface area (Å²) in [7, 11) is 0. The van der Waals surface area contributed by atoms with Crippen molar-refractivity contribution in [2.45, 2.75) is 46.1 Å². The average molecular weight is 173 g/mol. The summed E-state index contributed by atoms with van der Waals surface area (Å²) in [6.07, 6.45) is 3.36. The third-order valence-electron chi connectivity index (χ3n) is 1.83. The molecule has 0 rings (SSSR count). The smallest absolute Gasteiger partial charge is 0.0617 e. The molecule has 0 heterocycles. The molecule has 0 spiro atoms. The van der Waals surface area contributed by atoms with Crippen LogP contribution in [0, 0.1) is 5.92 Å². The second kappa shape index (κ2) is 7.56. The van der Waals surface area contributed by atoms with Crippen LogP contribution in [0.2, 0.25) is 0 Å². The van der Waals surface area contributed by atoms with Crippen LogP contribution in [0.25, 0.3) is 0 Å². The molecule has 0 aliphatic rings. The first-order valence-electron chi connectivity index (χ1n) is 5.00. The molecule has 0 amide bonds. The van der Waals surface area contributed by atoms with Gasteiger partial charge in [-0.1, -0.05) is 27.2 Å². The Morgan fingerprint density at radius 3 is 2.42 bits per heavy atom. The number of hydrogen-bond donors (Lipinski definition) is 1. The number of ether oxygens (including phenoxy) is 1. The highest BCUT2D eigenvalue weighted by molar-refractivity contribution is 4.57. The van der Waals surface area contributed by atoms with Crippen LogP contribution >= 0.6 is 0 Å². The average Bonchev–Trinajstić information content (AvgIpc) is 1.98. The molecule has 74 valence electrons. The second-order valence-electron chi connectivity index (χ2n) is 3.81. The topological polar surface area (TPSA) is 35.2 Å². The maximum absolute atomic E-state index is 5.78. The molecule has 0 aromatic heterocycles. The second-order valence-corrected chi connectivity index (χ2v) is 3.81. The van der Waals surface area contributed by atoms with Gasteiger partial charge >= 0.3 is 0 Å². The predicted octanol–water partition coefficient (Wildman–Crippen LogP) is 2.18. The molecule has 0 bridgehead atoms. The van der Waals surface area contributed by atoms with Crippen molar-refractivity contribution in [2.24, 2.45) is 11.7 Å². The Morgan fingerprint density at radius 1 is 1.25 bits per heavy atom. The van der Waals surface area contributed by atoms with Crippen molar-refractivity contribution in [3.8, 4) is 0 Å². The fraction of sp³-hybridized carbons (Fsp3) is 1.00. The van der Waals surface area contributed by atoms with Gasteiger partial charge in [0.2, 0.25) is 0 Å². The fourth-order valence-electron chi connectivity index (χ4n) is 1.01. The molecule has 0 saturated carbocycles. The van der Waals surface area contributed by atoms with Crippen LogP contribution in [-0.2, 0) is 4.74 Å². The summed E-state index contributed by atoms with van der Waals surface area (Å²) in [5.74, 6) is 0.729.